The fraction of sp³-hybridized carbons (Fsp3) is 0.0909. The molecule has 0 spiro atoms. The van der Waals surface area contributed by atoms with Crippen LogP contribution < -0.4 is 0 Å². The van der Waals surface area contributed by atoms with Crippen molar-refractivity contribution in [2.24, 2.45) is 0 Å². The number of hydrogen-bond donors (Lipinski definition) is 0. The van der Waals surface area contributed by atoms with Gasteiger partial charge in [-0.05, 0) is 25.1 Å². The fourth-order valence-corrected chi connectivity index (χ4v) is 0.856. The molecule has 0 atom stereocenters. The van der Waals surface area contributed by atoms with Crippen LogP contribution in [0.5, 0.6) is 0 Å². The molecule has 0 saturated carbocycles. The predicted molar refractivity (Wildman–Crippen MR) is 53.1 cm³/mol. The third-order valence-corrected chi connectivity index (χ3v) is 1.54. The van der Waals surface area contributed by atoms with Gasteiger partial charge in [-0.2, -0.15) is 0 Å². The van der Waals surface area contributed by atoms with Gasteiger partial charge in [0.2, 0.25) is 0 Å². The van der Waals surface area contributed by atoms with Crippen molar-refractivity contribution in [3.63, 3.8) is 0 Å². The van der Waals surface area contributed by atoms with Gasteiger partial charge in [-0.15, -0.1) is 0 Å². The first-order valence-electron chi connectivity index (χ1n) is 3.66. The minimum absolute atomic E-state index is 1.01. The Bertz CT molecular complexity index is 322. The highest BCUT2D eigenvalue weighted by Crippen LogP contribution is 2.00. The second-order valence-electron chi connectivity index (χ2n) is 2.43. The summed E-state index contributed by atoms with van der Waals surface area (Å²) in [5.41, 5.74) is 3.66. The zero-order valence-electron chi connectivity index (χ0n) is 6.84. The number of hydrogen-bond acceptors (Lipinski definition) is 0. The Hall–Kier alpha value is -1.19. The van der Waals surface area contributed by atoms with Gasteiger partial charge in [-0.25, -0.2) is 0 Å². The van der Waals surface area contributed by atoms with Crippen LogP contribution in [0, 0.1) is 18.8 Å². The van der Waals surface area contributed by atoms with Crippen molar-refractivity contribution in [2.75, 3.05) is 0 Å². The molecule has 0 aliphatic heterocycles. The lowest BCUT2D eigenvalue weighted by Gasteiger charge is -1.90. The van der Waals surface area contributed by atoms with Crippen LogP contribution in [-0.4, -0.2) is 0 Å². The first-order valence-corrected chi connectivity index (χ1v) is 4.10. The highest BCUT2D eigenvalue weighted by molar-refractivity contribution is 6.25. The topological polar surface area (TPSA) is 0 Å². The molecule has 60 valence electrons. The van der Waals surface area contributed by atoms with Crippen molar-refractivity contribution in [2.45, 2.75) is 6.92 Å². The molecule has 0 saturated heterocycles. The van der Waals surface area contributed by atoms with Gasteiger partial charge in [0, 0.05) is 11.1 Å². The van der Waals surface area contributed by atoms with Gasteiger partial charge < -0.3 is 0 Å². The molecule has 0 bridgehead atoms. The third kappa shape index (κ3) is 2.82. The summed E-state index contributed by atoms with van der Waals surface area (Å²) in [5, 5.41) is 0. The largest absolute Gasteiger partial charge is 0.0923 e. The lowest BCUT2D eigenvalue weighted by atomic mass is 10.2. The summed E-state index contributed by atoms with van der Waals surface area (Å²) in [5.74, 6) is 5.76. The first-order chi connectivity index (χ1) is 5.83. The van der Waals surface area contributed by atoms with Crippen molar-refractivity contribution in [3.8, 4) is 11.8 Å². The highest BCUT2D eigenvalue weighted by atomic mass is 35.5. The van der Waals surface area contributed by atoms with E-state index < -0.39 is 0 Å². The van der Waals surface area contributed by atoms with Crippen LogP contribution in [0.25, 0.3) is 0 Å². The SMILES string of the molecule is Cc1ccc(C#CC=CCl)cc1. The highest BCUT2D eigenvalue weighted by Gasteiger charge is 1.83. The lowest BCUT2D eigenvalue weighted by molar-refractivity contribution is 1.46. The summed E-state index contributed by atoms with van der Waals surface area (Å²) >= 11 is 5.31. The molecular formula is C11H9Cl. The van der Waals surface area contributed by atoms with Crippen LogP contribution >= 0.6 is 11.6 Å². The zero-order chi connectivity index (χ0) is 8.81. The molecule has 1 aromatic carbocycles. The van der Waals surface area contributed by atoms with E-state index in [9.17, 15) is 0 Å². The van der Waals surface area contributed by atoms with Crippen molar-refractivity contribution >= 4 is 11.6 Å². The van der Waals surface area contributed by atoms with Crippen molar-refractivity contribution in [3.05, 3.63) is 47.0 Å². The Morgan fingerprint density at radius 2 is 1.92 bits per heavy atom. The second kappa shape index (κ2) is 4.64. The van der Waals surface area contributed by atoms with Crippen LogP contribution in [0.1, 0.15) is 11.1 Å². The maximum atomic E-state index is 5.31. The van der Waals surface area contributed by atoms with Crippen molar-refractivity contribution in [1.29, 1.82) is 0 Å². The molecule has 0 amide bonds. The molecule has 0 radical (unpaired) electrons. The Balaban J connectivity index is 2.79. The van der Waals surface area contributed by atoms with E-state index in [1.807, 2.05) is 24.3 Å². The van der Waals surface area contributed by atoms with Crippen LogP contribution in [-0.2, 0) is 0 Å². The Morgan fingerprint density at radius 3 is 2.50 bits per heavy atom. The molecule has 0 aromatic heterocycles. The van der Waals surface area contributed by atoms with Gasteiger partial charge in [0.15, 0.2) is 0 Å². The Kier molecular flexibility index (Phi) is 3.44. The van der Waals surface area contributed by atoms with Gasteiger partial charge >= 0.3 is 0 Å². The summed E-state index contributed by atoms with van der Waals surface area (Å²) in [6.45, 7) is 2.05. The Morgan fingerprint density at radius 1 is 1.25 bits per heavy atom. The lowest BCUT2D eigenvalue weighted by Crippen LogP contribution is -1.73. The number of benzene rings is 1. The molecule has 0 N–H and O–H groups in total. The van der Waals surface area contributed by atoms with Gasteiger partial charge in [0.1, 0.15) is 0 Å². The zero-order valence-corrected chi connectivity index (χ0v) is 7.60. The molecule has 0 unspecified atom stereocenters. The summed E-state index contributed by atoms with van der Waals surface area (Å²) in [7, 11) is 0. The maximum absolute atomic E-state index is 5.31. The van der Waals surface area contributed by atoms with E-state index in [1.54, 1.807) is 6.08 Å². The number of rotatable bonds is 0. The van der Waals surface area contributed by atoms with Gasteiger partial charge in [0.05, 0.1) is 0 Å². The normalized spacial score (nSPS) is 9.50. The summed E-state index contributed by atoms with van der Waals surface area (Å²) in [6, 6.07) is 8.05. The van der Waals surface area contributed by atoms with Crippen LogP contribution in [0.15, 0.2) is 35.9 Å². The van der Waals surface area contributed by atoms with E-state index >= 15 is 0 Å². The predicted octanol–water partition coefficient (Wildman–Crippen LogP) is 3.10. The first kappa shape index (κ1) is 8.90. The van der Waals surface area contributed by atoms with Crippen molar-refractivity contribution < 1.29 is 0 Å². The average Bonchev–Trinajstić information content (AvgIpc) is 2.09. The van der Waals surface area contributed by atoms with E-state index in [0.29, 0.717) is 0 Å². The van der Waals surface area contributed by atoms with E-state index in [1.165, 1.54) is 11.1 Å². The molecule has 1 heteroatoms. The molecule has 0 nitrogen and oxygen atoms in total. The van der Waals surface area contributed by atoms with E-state index in [0.717, 1.165) is 5.56 Å². The van der Waals surface area contributed by atoms with E-state index in [-0.39, 0.29) is 0 Å². The minimum atomic E-state index is 1.01. The summed E-state index contributed by atoms with van der Waals surface area (Å²) in [4.78, 5) is 0. The molecule has 0 aliphatic carbocycles. The van der Waals surface area contributed by atoms with Gasteiger partial charge in [-0.3, -0.25) is 0 Å². The molecule has 0 aliphatic rings. The number of allylic oxidation sites excluding steroid dienone is 1. The summed E-state index contributed by atoms with van der Waals surface area (Å²) in [6.07, 6.45) is 1.61. The molecular weight excluding hydrogens is 168 g/mol. The quantitative estimate of drug-likeness (QED) is 0.533. The molecule has 1 aromatic rings. The molecule has 0 heterocycles. The Labute approximate surface area is 77.9 Å². The van der Waals surface area contributed by atoms with Gasteiger partial charge in [0.25, 0.3) is 0 Å². The number of aryl methyl sites for hydroxylation is 1. The number of halogens is 1. The smallest absolute Gasteiger partial charge is 0.0249 e. The molecule has 0 fully saturated rings. The van der Waals surface area contributed by atoms with Crippen LogP contribution in [0.3, 0.4) is 0 Å². The molecule has 1 rings (SSSR count). The van der Waals surface area contributed by atoms with Crippen LogP contribution in [0.2, 0.25) is 0 Å². The second-order valence-corrected chi connectivity index (χ2v) is 2.68. The maximum Gasteiger partial charge on any atom is 0.0249 e. The molecule has 12 heavy (non-hydrogen) atoms. The van der Waals surface area contributed by atoms with Crippen LogP contribution in [0.4, 0.5) is 0 Å². The van der Waals surface area contributed by atoms with Crippen molar-refractivity contribution in [1.82, 2.24) is 0 Å². The monoisotopic (exact) mass is 176 g/mol. The summed E-state index contributed by atoms with van der Waals surface area (Å²) < 4.78 is 0. The van der Waals surface area contributed by atoms with E-state index in [4.69, 9.17) is 11.6 Å². The van der Waals surface area contributed by atoms with E-state index in [2.05, 4.69) is 18.8 Å². The fourth-order valence-electron chi connectivity index (χ4n) is 0.793. The minimum Gasteiger partial charge on any atom is -0.0923 e. The standard InChI is InChI=1S/C11H9Cl/c1-10-5-7-11(8-6-10)4-2-3-9-12/h3,5-9H,1H3. The third-order valence-electron chi connectivity index (χ3n) is 1.41. The average molecular weight is 177 g/mol. The van der Waals surface area contributed by atoms with Gasteiger partial charge in [-0.1, -0.05) is 41.1 Å².